The van der Waals surface area contributed by atoms with Gasteiger partial charge in [-0.15, -0.1) is 0 Å². The predicted octanol–water partition coefficient (Wildman–Crippen LogP) is 2.80. The van der Waals surface area contributed by atoms with Crippen LogP contribution in [0.15, 0.2) is 34.9 Å². The first-order chi connectivity index (χ1) is 8.11. The molecular formula is C13H16BrN3. The highest BCUT2D eigenvalue weighted by Gasteiger charge is 2.17. The molecule has 0 spiro atoms. The molecule has 0 saturated heterocycles. The zero-order valence-electron chi connectivity index (χ0n) is 10.2. The molecule has 0 amide bonds. The molecule has 3 nitrogen and oxygen atoms in total. The molecule has 0 bridgehead atoms. The largest absolute Gasteiger partial charge is 0.308 e. The Morgan fingerprint density at radius 1 is 1.35 bits per heavy atom. The van der Waals surface area contributed by atoms with Crippen molar-refractivity contribution in [3.05, 3.63) is 51.8 Å². The lowest BCUT2D eigenvalue weighted by molar-refractivity contribution is 0.640. The second-order valence-corrected chi connectivity index (χ2v) is 5.02. The summed E-state index contributed by atoms with van der Waals surface area (Å²) in [4.78, 5) is 0. The summed E-state index contributed by atoms with van der Waals surface area (Å²) >= 11 is 3.62. The van der Waals surface area contributed by atoms with Gasteiger partial charge >= 0.3 is 0 Å². The molecule has 17 heavy (non-hydrogen) atoms. The molecule has 0 fully saturated rings. The number of halogens is 1. The van der Waals surface area contributed by atoms with Crippen LogP contribution in [-0.2, 0) is 7.05 Å². The second-order valence-electron chi connectivity index (χ2n) is 4.16. The van der Waals surface area contributed by atoms with Gasteiger partial charge in [0.15, 0.2) is 0 Å². The molecule has 90 valence electrons. The van der Waals surface area contributed by atoms with Crippen molar-refractivity contribution in [1.82, 2.24) is 15.1 Å². The van der Waals surface area contributed by atoms with Crippen molar-refractivity contribution >= 4 is 15.9 Å². The maximum atomic E-state index is 4.46. The molecular weight excluding hydrogens is 278 g/mol. The minimum absolute atomic E-state index is 0.117. The normalized spacial score (nSPS) is 12.7. The van der Waals surface area contributed by atoms with Crippen LogP contribution in [-0.4, -0.2) is 16.8 Å². The fourth-order valence-corrected chi connectivity index (χ4v) is 2.64. The number of hydrogen-bond donors (Lipinski definition) is 1. The van der Waals surface area contributed by atoms with Gasteiger partial charge in [0, 0.05) is 17.7 Å². The summed E-state index contributed by atoms with van der Waals surface area (Å²) in [6.07, 6.45) is 1.96. The first kappa shape index (κ1) is 12.3. The minimum Gasteiger partial charge on any atom is -0.308 e. The SMILES string of the molecule is CNC(c1ccn(C)n1)c1ccc(C)cc1Br. The van der Waals surface area contributed by atoms with Crippen molar-refractivity contribution < 1.29 is 0 Å². The van der Waals surface area contributed by atoms with Gasteiger partial charge in [0.25, 0.3) is 0 Å². The number of rotatable bonds is 3. The van der Waals surface area contributed by atoms with Crippen molar-refractivity contribution in [3.63, 3.8) is 0 Å². The number of hydrogen-bond acceptors (Lipinski definition) is 2. The maximum absolute atomic E-state index is 4.46. The Hall–Kier alpha value is -1.13. The first-order valence-electron chi connectivity index (χ1n) is 5.54. The zero-order chi connectivity index (χ0) is 12.4. The molecule has 1 aromatic carbocycles. The Kier molecular flexibility index (Phi) is 3.64. The van der Waals surface area contributed by atoms with Crippen LogP contribution in [0.1, 0.15) is 22.9 Å². The molecule has 1 aromatic heterocycles. The topological polar surface area (TPSA) is 29.9 Å². The van der Waals surface area contributed by atoms with Crippen LogP contribution in [0.5, 0.6) is 0 Å². The van der Waals surface area contributed by atoms with Crippen LogP contribution in [0, 0.1) is 6.92 Å². The van der Waals surface area contributed by atoms with Crippen LogP contribution in [0.2, 0.25) is 0 Å². The molecule has 0 aliphatic heterocycles. The summed E-state index contributed by atoms with van der Waals surface area (Å²) < 4.78 is 2.93. The second kappa shape index (κ2) is 5.02. The van der Waals surface area contributed by atoms with E-state index in [4.69, 9.17) is 0 Å². The summed E-state index contributed by atoms with van der Waals surface area (Å²) in [5, 5.41) is 7.76. The van der Waals surface area contributed by atoms with E-state index < -0.39 is 0 Å². The monoisotopic (exact) mass is 293 g/mol. The molecule has 1 atom stereocenters. The van der Waals surface area contributed by atoms with Crippen LogP contribution < -0.4 is 5.32 Å². The van der Waals surface area contributed by atoms with Gasteiger partial charge in [-0.05, 0) is 37.2 Å². The number of benzene rings is 1. The minimum atomic E-state index is 0.117. The number of aromatic nitrogens is 2. The van der Waals surface area contributed by atoms with Gasteiger partial charge in [-0.3, -0.25) is 4.68 Å². The molecule has 1 N–H and O–H groups in total. The Morgan fingerprint density at radius 2 is 2.12 bits per heavy atom. The van der Waals surface area contributed by atoms with Crippen molar-refractivity contribution in [2.45, 2.75) is 13.0 Å². The summed E-state index contributed by atoms with van der Waals surface area (Å²) in [7, 11) is 3.88. The molecule has 0 radical (unpaired) electrons. The van der Waals surface area contributed by atoms with Gasteiger partial charge in [-0.1, -0.05) is 28.1 Å². The highest BCUT2D eigenvalue weighted by molar-refractivity contribution is 9.10. The van der Waals surface area contributed by atoms with E-state index in [1.165, 1.54) is 11.1 Å². The van der Waals surface area contributed by atoms with E-state index in [0.29, 0.717) is 0 Å². The average Bonchev–Trinajstić information content (AvgIpc) is 2.69. The predicted molar refractivity (Wildman–Crippen MR) is 73.0 cm³/mol. The molecule has 0 saturated carbocycles. The standard InChI is InChI=1S/C13H16BrN3/c1-9-4-5-10(11(14)8-9)13(15-2)12-6-7-17(3)16-12/h4-8,13,15H,1-3H3. The third kappa shape index (κ3) is 2.58. The van der Waals surface area contributed by atoms with E-state index >= 15 is 0 Å². The highest BCUT2D eigenvalue weighted by Crippen LogP contribution is 2.28. The van der Waals surface area contributed by atoms with Gasteiger partial charge in [-0.2, -0.15) is 5.10 Å². The van der Waals surface area contributed by atoms with E-state index in [9.17, 15) is 0 Å². The lowest BCUT2D eigenvalue weighted by Crippen LogP contribution is -2.19. The molecule has 4 heteroatoms. The molecule has 1 unspecified atom stereocenters. The van der Waals surface area contributed by atoms with E-state index in [2.05, 4.69) is 51.5 Å². The van der Waals surface area contributed by atoms with E-state index in [0.717, 1.165) is 10.2 Å². The average molecular weight is 294 g/mol. The van der Waals surface area contributed by atoms with Crippen LogP contribution in [0.4, 0.5) is 0 Å². The van der Waals surface area contributed by atoms with Crippen molar-refractivity contribution in [3.8, 4) is 0 Å². The van der Waals surface area contributed by atoms with E-state index in [1.807, 2.05) is 31.0 Å². The smallest absolute Gasteiger partial charge is 0.0839 e. The number of nitrogens with one attached hydrogen (secondary N) is 1. The Morgan fingerprint density at radius 3 is 2.65 bits per heavy atom. The molecule has 0 aliphatic rings. The fourth-order valence-electron chi connectivity index (χ4n) is 1.92. The molecule has 0 aliphatic carbocycles. The van der Waals surface area contributed by atoms with E-state index in [-0.39, 0.29) is 6.04 Å². The third-order valence-corrected chi connectivity index (χ3v) is 3.47. The van der Waals surface area contributed by atoms with Gasteiger partial charge in [-0.25, -0.2) is 0 Å². The summed E-state index contributed by atoms with van der Waals surface area (Å²) in [5.74, 6) is 0. The van der Waals surface area contributed by atoms with Crippen LogP contribution >= 0.6 is 15.9 Å². The zero-order valence-corrected chi connectivity index (χ0v) is 11.8. The Labute approximate surface area is 110 Å². The van der Waals surface area contributed by atoms with Crippen LogP contribution in [0.25, 0.3) is 0 Å². The van der Waals surface area contributed by atoms with Gasteiger partial charge in [0.2, 0.25) is 0 Å². The van der Waals surface area contributed by atoms with Gasteiger partial charge in [0.1, 0.15) is 0 Å². The Balaban J connectivity index is 2.42. The maximum Gasteiger partial charge on any atom is 0.0839 e. The lowest BCUT2D eigenvalue weighted by Gasteiger charge is -2.16. The molecule has 1 heterocycles. The fraction of sp³-hybridized carbons (Fsp3) is 0.308. The highest BCUT2D eigenvalue weighted by atomic mass is 79.9. The Bertz CT molecular complexity index is 519. The summed E-state index contributed by atoms with van der Waals surface area (Å²) in [5.41, 5.74) is 3.48. The van der Waals surface area contributed by atoms with Gasteiger partial charge in [0.05, 0.1) is 11.7 Å². The van der Waals surface area contributed by atoms with E-state index in [1.54, 1.807) is 0 Å². The lowest BCUT2D eigenvalue weighted by atomic mass is 10.0. The van der Waals surface area contributed by atoms with Gasteiger partial charge < -0.3 is 5.32 Å². The van der Waals surface area contributed by atoms with Crippen molar-refractivity contribution in [2.75, 3.05) is 7.05 Å². The summed E-state index contributed by atoms with van der Waals surface area (Å²) in [6, 6.07) is 8.53. The van der Waals surface area contributed by atoms with Crippen molar-refractivity contribution in [2.24, 2.45) is 7.05 Å². The van der Waals surface area contributed by atoms with Crippen molar-refractivity contribution in [1.29, 1.82) is 0 Å². The summed E-state index contributed by atoms with van der Waals surface area (Å²) in [6.45, 7) is 2.09. The number of aryl methyl sites for hydroxylation is 2. The van der Waals surface area contributed by atoms with Crippen LogP contribution in [0.3, 0.4) is 0 Å². The third-order valence-electron chi connectivity index (χ3n) is 2.79. The molecule has 2 rings (SSSR count). The first-order valence-corrected chi connectivity index (χ1v) is 6.34. The number of nitrogens with zero attached hydrogens (tertiary/aromatic N) is 2. The molecule has 2 aromatic rings. The quantitative estimate of drug-likeness (QED) is 0.943.